The molecule has 0 atom stereocenters. The lowest BCUT2D eigenvalue weighted by Gasteiger charge is -2.09. The number of para-hydroxylation sites is 1. The normalized spacial score (nSPS) is 10.5. The van der Waals surface area contributed by atoms with Gasteiger partial charge >= 0.3 is 0 Å². The van der Waals surface area contributed by atoms with Crippen molar-refractivity contribution in [3.63, 3.8) is 0 Å². The predicted octanol–water partition coefficient (Wildman–Crippen LogP) is 2.68. The van der Waals surface area contributed by atoms with Crippen LogP contribution >= 0.6 is 11.6 Å². The maximum absolute atomic E-state index is 12.0. The van der Waals surface area contributed by atoms with E-state index >= 15 is 0 Å². The number of hydrazine groups is 1. The topological polar surface area (TPSA) is 63.1 Å². The quantitative estimate of drug-likeness (QED) is 0.717. The second kappa shape index (κ2) is 7.19. The molecule has 0 bridgehead atoms. The number of carbonyl (C=O) groups excluding carboxylic acids is 2. The van der Waals surface area contributed by atoms with E-state index in [0.717, 1.165) is 16.5 Å². The van der Waals surface area contributed by atoms with E-state index in [1.165, 1.54) is 0 Å². The van der Waals surface area contributed by atoms with Gasteiger partial charge in [0.1, 0.15) is 6.54 Å². The molecule has 1 aromatic heterocycles. The van der Waals surface area contributed by atoms with Gasteiger partial charge in [-0.25, -0.2) is 0 Å². The van der Waals surface area contributed by atoms with Crippen LogP contribution in [0.1, 0.15) is 5.56 Å². The summed E-state index contributed by atoms with van der Waals surface area (Å²) in [4.78, 5) is 23.8. The highest BCUT2D eigenvalue weighted by atomic mass is 35.5. The van der Waals surface area contributed by atoms with Crippen LogP contribution in [0.4, 0.5) is 0 Å². The van der Waals surface area contributed by atoms with Gasteiger partial charge in [-0.15, -0.1) is 0 Å². The third kappa shape index (κ3) is 3.94. The average molecular weight is 342 g/mol. The minimum absolute atomic E-state index is 0.134. The Labute approximate surface area is 144 Å². The molecule has 0 saturated carbocycles. The van der Waals surface area contributed by atoms with Crippen molar-refractivity contribution in [2.24, 2.45) is 0 Å². The number of fused-ring (bicyclic) bond motifs is 1. The fourth-order valence-corrected chi connectivity index (χ4v) is 2.57. The van der Waals surface area contributed by atoms with Crippen LogP contribution in [0, 0.1) is 0 Å². The van der Waals surface area contributed by atoms with Crippen molar-refractivity contribution in [3.05, 3.63) is 71.4 Å². The van der Waals surface area contributed by atoms with Crippen LogP contribution in [0.15, 0.2) is 60.8 Å². The Bertz CT molecular complexity index is 871. The predicted molar refractivity (Wildman–Crippen MR) is 93.4 cm³/mol. The van der Waals surface area contributed by atoms with E-state index in [4.69, 9.17) is 11.6 Å². The molecule has 24 heavy (non-hydrogen) atoms. The van der Waals surface area contributed by atoms with Gasteiger partial charge < -0.3 is 4.57 Å². The zero-order valence-corrected chi connectivity index (χ0v) is 13.6. The molecular weight excluding hydrogens is 326 g/mol. The van der Waals surface area contributed by atoms with Crippen LogP contribution in [0.2, 0.25) is 5.02 Å². The van der Waals surface area contributed by atoms with Crippen LogP contribution < -0.4 is 10.9 Å². The standard InChI is InChI=1S/C18H16ClN3O2/c19-15-7-5-13(6-8-15)11-17(23)20-21-18(24)12-22-10-9-14-3-1-2-4-16(14)22/h1-10H,11-12H2,(H,20,23)(H,21,24). The van der Waals surface area contributed by atoms with E-state index in [9.17, 15) is 9.59 Å². The minimum atomic E-state index is -0.291. The van der Waals surface area contributed by atoms with Crippen LogP contribution in [0.25, 0.3) is 10.9 Å². The summed E-state index contributed by atoms with van der Waals surface area (Å²) in [7, 11) is 0. The van der Waals surface area contributed by atoms with Crippen molar-refractivity contribution in [3.8, 4) is 0 Å². The summed E-state index contributed by atoms with van der Waals surface area (Å²) < 4.78 is 1.83. The highest BCUT2D eigenvalue weighted by Crippen LogP contribution is 2.14. The highest BCUT2D eigenvalue weighted by Gasteiger charge is 2.08. The first-order valence-electron chi connectivity index (χ1n) is 7.48. The molecule has 0 aliphatic carbocycles. The summed E-state index contributed by atoms with van der Waals surface area (Å²) in [6, 6.07) is 16.7. The maximum atomic E-state index is 12.0. The summed E-state index contributed by atoms with van der Waals surface area (Å²) in [5.74, 6) is -0.580. The van der Waals surface area contributed by atoms with E-state index in [1.807, 2.05) is 41.1 Å². The van der Waals surface area contributed by atoms with E-state index in [2.05, 4.69) is 10.9 Å². The van der Waals surface area contributed by atoms with Crippen LogP contribution in [0.3, 0.4) is 0 Å². The van der Waals surface area contributed by atoms with E-state index in [0.29, 0.717) is 5.02 Å². The fourth-order valence-electron chi connectivity index (χ4n) is 2.44. The molecule has 0 spiro atoms. The number of hydrogen-bond acceptors (Lipinski definition) is 2. The molecule has 3 aromatic rings. The summed E-state index contributed by atoms with van der Waals surface area (Å²) in [6.07, 6.45) is 2.02. The van der Waals surface area contributed by atoms with Crippen molar-refractivity contribution in [2.75, 3.05) is 0 Å². The first-order valence-corrected chi connectivity index (χ1v) is 7.85. The van der Waals surface area contributed by atoms with Gasteiger partial charge in [0.15, 0.2) is 0 Å². The molecule has 0 aliphatic rings. The number of halogens is 1. The van der Waals surface area contributed by atoms with Gasteiger partial charge in [-0.05, 0) is 35.2 Å². The molecule has 1 heterocycles. The zero-order chi connectivity index (χ0) is 16.9. The Morgan fingerprint density at radius 1 is 0.917 bits per heavy atom. The first-order chi connectivity index (χ1) is 11.6. The van der Waals surface area contributed by atoms with Gasteiger partial charge in [-0.3, -0.25) is 20.4 Å². The van der Waals surface area contributed by atoms with Gasteiger partial charge in [0.05, 0.1) is 6.42 Å². The highest BCUT2D eigenvalue weighted by molar-refractivity contribution is 6.30. The lowest BCUT2D eigenvalue weighted by atomic mass is 10.1. The summed E-state index contributed by atoms with van der Waals surface area (Å²) in [5.41, 5.74) is 6.65. The third-order valence-electron chi connectivity index (χ3n) is 3.61. The number of nitrogens with zero attached hydrogens (tertiary/aromatic N) is 1. The Morgan fingerprint density at radius 3 is 2.42 bits per heavy atom. The van der Waals surface area contributed by atoms with Gasteiger partial charge in [0, 0.05) is 16.7 Å². The molecule has 2 aromatic carbocycles. The number of rotatable bonds is 4. The summed E-state index contributed by atoms with van der Waals surface area (Å²) >= 11 is 5.80. The molecule has 6 heteroatoms. The molecule has 0 saturated heterocycles. The molecule has 2 amide bonds. The largest absolute Gasteiger partial charge is 0.338 e. The molecule has 3 rings (SSSR count). The molecule has 2 N–H and O–H groups in total. The average Bonchev–Trinajstić information content (AvgIpc) is 2.98. The number of hydrogen-bond donors (Lipinski definition) is 2. The number of amides is 2. The Balaban J connectivity index is 1.52. The summed E-state index contributed by atoms with van der Waals surface area (Å²) in [5, 5.41) is 1.68. The molecule has 5 nitrogen and oxygen atoms in total. The smallest absolute Gasteiger partial charge is 0.258 e. The van der Waals surface area contributed by atoms with Crippen LogP contribution in [-0.2, 0) is 22.6 Å². The Morgan fingerprint density at radius 2 is 1.62 bits per heavy atom. The Hall–Kier alpha value is -2.79. The number of benzene rings is 2. The summed E-state index contributed by atoms with van der Waals surface area (Å²) in [6.45, 7) is 0.134. The second-order valence-corrected chi connectivity index (χ2v) is 5.84. The van der Waals surface area contributed by atoms with Crippen molar-refractivity contribution < 1.29 is 9.59 Å². The minimum Gasteiger partial charge on any atom is -0.338 e. The molecular formula is C18H16ClN3O2. The van der Waals surface area contributed by atoms with E-state index in [-0.39, 0.29) is 24.8 Å². The van der Waals surface area contributed by atoms with E-state index in [1.54, 1.807) is 24.3 Å². The van der Waals surface area contributed by atoms with Gasteiger partial charge in [0.25, 0.3) is 5.91 Å². The lowest BCUT2D eigenvalue weighted by molar-refractivity contribution is -0.128. The lowest BCUT2D eigenvalue weighted by Crippen LogP contribution is -2.43. The van der Waals surface area contributed by atoms with Crippen molar-refractivity contribution in [1.29, 1.82) is 0 Å². The van der Waals surface area contributed by atoms with Gasteiger partial charge in [-0.2, -0.15) is 0 Å². The van der Waals surface area contributed by atoms with Gasteiger partial charge in [0.2, 0.25) is 5.91 Å². The van der Waals surface area contributed by atoms with Crippen LogP contribution in [-0.4, -0.2) is 16.4 Å². The monoisotopic (exact) mass is 341 g/mol. The van der Waals surface area contributed by atoms with Gasteiger partial charge in [-0.1, -0.05) is 41.9 Å². The first kappa shape index (κ1) is 16.1. The molecule has 0 aliphatic heterocycles. The molecule has 0 radical (unpaired) electrons. The SMILES string of the molecule is O=C(Cc1ccc(Cl)cc1)NNC(=O)Cn1ccc2ccccc21. The van der Waals surface area contributed by atoms with Crippen LogP contribution in [0.5, 0.6) is 0 Å². The van der Waals surface area contributed by atoms with E-state index < -0.39 is 0 Å². The van der Waals surface area contributed by atoms with Crippen molar-refractivity contribution in [1.82, 2.24) is 15.4 Å². The Kier molecular flexibility index (Phi) is 4.82. The van der Waals surface area contributed by atoms with Crippen molar-refractivity contribution in [2.45, 2.75) is 13.0 Å². The number of nitrogens with one attached hydrogen (secondary N) is 2. The third-order valence-corrected chi connectivity index (χ3v) is 3.87. The number of carbonyl (C=O) groups is 2. The fraction of sp³-hybridized carbons (Fsp3) is 0.111. The molecule has 0 unspecified atom stereocenters. The number of aromatic nitrogens is 1. The molecule has 0 fully saturated rings. The second-order valence-electron chi connectivity index (χ2n) is 5.40. The van der Waals surface area contributed by atoms with Crippen molar-refractivity contribution >= 4 is 34.3 Å². The maximum Gasteiger partial charge on any atom is 0.258 e. The molecule has 122 valence electrons. The zero-order valence-electron chi connectivity index (χ0n) is 12.8.